The molecule has 1 amide bonds. The van der Waals surface area contributed by atoms with Gasteiger partial charge in [-0.1, -0.05) is 12.1 Å². The molecule has 2 N–H and O–H groups in total. The van der Waals surface area contributed by atoms with Gasteiger partial charge in [-0.05, 0) is 49.8 Å². The van der Waals surface area contributed by atoms with Crippen LogP contribution in [0.4, 0.5) is 5.69 Å². The number of nitrogens with zero attached hydrogens (tertiary/aromatic N) is 1. The Morgan fingerprint density at radius 3 is 2.88 bits per heavy atom. The minimum absolute atomic E-state index is 0.0792. The first kappa shape index (κ1) is 16.6. The zero-order valence-corrected chi connectivity index (χ0v) is 14.4. The summed E-state index contributed by atoms with van der Waals surface area (Å²) in [6, 6.07) is 7.32. The predicted molar refractivity (Wildman–Crippen MR) is 93.6 cm³/mol. The number of carbonyl (C=O) groups excluding carboxylic acids is 1. The molecular formula is C18H20N2O3S. The van der Waals surface area contributed by atoms with Gasteiger partial charge in [0.05, 0.1) is 10.7 Å². The van der Waals surface area contributed by atoms with Crippen LogP contribution in [0.3, 0.4) is 0 Å². The fourth-order valence-corrected chi connectivity index (χ4v) is 3.64. The fourth-order valence-electron chi connectivity index (χ4n) is 2.56. The Balaban J connectivity index is 1.66. The monoisotopic (exact) mass is 344 g/mol. The topological polar surface area (TPSA) is 79.3 Å². The Hall–Kier alpha value is -2.21. The number of aliphatic carboxylic acids is 1. The van der Waals surface area contributed by atoms with Gasteiger partial charge < -0.3 is 10.4 Å². The molecule has 6 heteroatoms. The molecular weight excluding hydrogens is 324 g/mol. The fraction of sp³-hybridized carbons (Fsp3) is 0.389. The van der Waals surface area contributed by atoms with E-state index in [0.29, 0.717) is 17.0 Å². The van der Waals surface area contributed by atoms with E-state index in [0.717, 1.165) is 28.6 Å². The maximum atomic E-state index is 12.5. The molecule has 1 saturated carbocycles. The van der Waals surface area contributed by atoms with Gasteiger partial charge >= 0.3 is 5.97 Å². The predicted octanol–water partition coefficient (Wildman–Crippen LogP) is 3.67. The Morgan fingerprint density at radius 2 is 2.17 bits per heavy atom. The Morgan fingerprint density at radius 1 is 1.38 bits per heavy atom. The highest BCUT2D eigenvalue weighted by Crippen LogP contribution is 2.34. The molecule has 1 heterocycles. The first-order valence-corrected chi connectivity index (χ1v) is 8.91. The number of carboxylic acids is 1. The second-order valence-electron chi connectivity index (χ2n) is 6.22. The van der Waals surface area contributed by atoms with Crippen molar-refractivity contribution in [2.75, 3.05) is 5.32 Å². The van der Waals surface area contributed by atoms with Crippen LogP contribution >= 0.6 is 11.3 Å². The second kappa shape index (κ2) is 7.13. The maximum Gasteiger partial charge on any atom is 0.303 e. The third-order valence-electron chi connectivity index (χ3n) is 4.02. The van der Waals surface area contributed by atoms with Gasteiger partial charge in [0.15, 0.2) is 0 Å². The van der Waals surface area contributed by atoms with E-state index in [1.807, 2.05) is 31.2 Å². The molecule has 0 atom stereocenters. The lowest BCUT2D eigenvalue weighted by Crippen LogP contribution is -2.11. The van der Waals surface area contributed by atoms with Crippen LogP contribution in [0.2, 0.25) is 0 Å². The van der Waals surface area contributed by atoms with Gasteiger partial charge in [0.1, 0.15) is 4.88 Å². The quantitative estimate of drug-likeness (QED) is 0.803. The maximum absolute atomic E-state index is 12.5. The highest BCUT2D eigenvalue weighted by Gasteiger charge is 2.24. The van der Waals surface area contributed by atoms with Crippen molar-refractivity contribution in [3.05, 3.63) is 45.4 Å². The first-order valence-electron chi connectivity index (χ1n) is 8.09. The molecule has 0 spiro atoms. The molecule has 0 aliphatic heterocycles. The average molecular weight is 344 g/mol. The van der Waals surface area contributed by atoms with Crippen LogP contribution in [0.5, 0.6) is 0 Å². The Bertz CT molecular complexity index is 765. The number of carbonyl (C=O) groups is 2. The summed E-state index contributed by atoms with van der Waals surface area (Å²) in [6.45, 7) is 1.87. The highest BCUT2D eigenvalue weighted by molar-refractivity contribution is 7.13. The van der Waals surface area contributed by atoms with E-state index in [-0.39, 0.29) is 12.3 Å². The van der Waals surface area contributed by atoms with Crippen LogP contribution in [0.15, 0.2) is 24.3 Å². The van der Waals surface area contributed by atoms with Gasteiger partial charge in [0, 0.05) is 18.5 Å². The van der Waals surface area contributed by atoms with Gasteiger partial charge in [0.2, 0.25) is 0 Å². The third-order valence-corrected chi connectivity index (χ3v) is 5.20. The smallest absolute Gasteiger partial charge is 0.303 e. The molecule has 1 aliphatic carbocycles. The standard InChI is InChI=1S/C18H20N2O3S/c1-11-17(24-15(19-11)10-13-5-6-13)18(23)20-14-4-2-3-12(9-14)7-8-16(21)22/h2-4,9,13H,5-8,10H2,1H3,(H,20,23)(H,21,22). The summed E-state index contributed by atoms with van der Waals surface area (Å²) in [5.74, 6) is -0.229. The molecule has 1 fully saturated rings. The summed E-state index contributed by atoms with van der Waals surface area (Å²) in [7, 11) is 0. The molecule has 1 aliphatic rings. The van der Waals surface area contributed by atoms with Gasteiger partial charge in [-0.3, -0.25) is 9.59 Å². The van der Waals surface area contributed by atoms with E-state index < -0.39 is 5.97 Å². The summed E-state index contributed by atoms with van der Waals surface area (Å²) in [6.07, 6.45) is 4.04. The zero-order chi connectivity index (χ0) is 17.1. The van der Waals surface area contributed by atoms with Gasteiger partial charge in [-0.15, -0.1) is 11.3 Å². The van der Waals surface area contributed by atoms with Gasteiger partial charge in [-0.25, -0.2) is 4.98 Å². The number of carboxylic acid groups (broad SMARTS) is 1. The Kier molecular flexibility index (Phi) is 4.94. The van der Waals surface area contributed by atoms with E-state index >= 15 is 0 Å². The molecule has 5 nitrogen and oxygen atoms in total. The van der Waals surface area contributed by atoms with Crippen LogP contribution in [0.1, 0.15) is 45.2 Å². The summed E-state index contributed by atoms with van der Waals surface area (Å²) >= 11 is 1.47. The second-order valence-corrected chi connectivity index (χ2v) is 7.30. The summed E-state index contributed by atoms with van der Waals surface area (Å²) in [5, 5.41) is 12.7. The SMILES string of the molecule is Cc1nc(CC2CC2)sc1C(=O)Nc1cccc(CCC(=O)O)c1. The van der Waals surface area contributed by atoms with Crippen molar-refractivity contribution >= 4 is 28.9 Å². The minimum atomic E-state index is -0.826. The summed E-state index contributed by atoms with van der Waals surface area (Å²) in [5.41, 5.74) is 2.35. The molecule has 0 unspecified atom stereocenters. The highest BCUT2D eigenvalue weighted by atomic mass is 32.1. The van der Waals surface area contributed by atoms with E-state index in [9.17, 15) is 9.59 Å². The number of benzene rings is 1. The molecule has 1 aromatic heterocycles. The number of hydrogen-bond donors (Lipinski definition) is 2. The number of nitrogens with one attached hydrogen (secondary N) is 1. The average Bonchev–Trinajstić information content (AvgIpc) is 3.26. The number of hydrogen-bond acceptors (Lipinski definition) is 4. The van der Waals surface area contributed by atoms with Crippen molar-refractivity contribution in [2.45, 2.75) is 39.0 Å². The van der Waals surface area contributed by atoms with Crippen LogP contribution in [0.25, 0.3) is 0 Å². The lowest BCUT2D eigenvalue weighted by molar-refractivity contribution is -0.136. The van der Waals surface area contributed by atoms with E-state index in [2.05, 4.69) is 10.3 Å². The van der Waals surface area contributed by atoms with Gasteiger partial charge in [0.25, 0.3) is 5.91 Å². The number of aryl methyl sites for hydroxylation is 2. The normalized spacial score (nSPS) is 13.7. The lowest BCUT2D eigenvalue weighted by atomic mass is 10.1. The van der Waals surface area contributed by atoms with Crippen molar-refractivity contribution in [3.63, 3.8) is 0 Å². The van der Waals surface area contributed by atoms with E-state index in [1.165, 1.54) is 24.2 Å². The van der Waals surface area contributed by atoms with Crippen molar-refractivity contribution < 1.29 is 14.7 Å². The van der Waals surface area contributed by atoms with Crippen LogP contribution in [-0.2, 0) is 17.6 Å². The Labute approximate surface area is 144 Å². The molecule has 126 valence electrons. The summed E-state index contributed by atoms with van der Waals surface area (Å²) < 4.78 is 0. The molecule has 24 heavy (non-hydrogen) atoms. The van der Waals surface area contributed by atoms with Crippen molar-refractivity contribution in [1.29, 1.82) is 0 Å². The number of aromatic nitrogens is 1. The summed E-state index contributed by atoms with van der Waals surface area (Å²) in [4.78, 5) is 28.3. The van der Waals surface area contributed by atoms with Crippen molar-refractivity contribution in [2.24, 2.45) is 5.92 Å². The molecule has 3 rings (SSSR count). The van der Waals surface area contributed by atoms with E-state index in [1.54, 1.807) is 0 Å². The third kappa shape index (κ3) is 4.41. The number of anilines is 1. The number of amides is 1. The first-order chi connectivity index (χ1) is 11.5. The minimum Gasteiger partial charge on any atom is -0.481 e. The van der Waals surface area contributed by atoms with Crippen LogP contribution in [0, 0.1) is 12.8 Å². The molecule has 1 aromatic carbocycles. The molecule has 0 bridgehead atoms. The largest absolute Gasteiger partial charge is 0.481 e. The van der Waals surface area contributed by atoms with Crippen LogP contribution < -0.4 is 5.32 Å². The molecule has 0 saturated heterocycles. The van der Waals surface area contributed by atoms with Gasteiger partial charge in [-0.2, -0.15) is 0 Å². The zero-order valence-electron chi connectivity index (χ0n) is 13.5. The van der Waals surface area contributed by atoms with Crippen LogP contribution in [-0.4, -0.2) is 22.0 Å². The molecule has 0 radical (unpaired) electrons. The van der Waals surface area contributed by atoms with E-state index in [4.69, 9.17) is 5.11 Å². The van der Waals surface area contributed by atoms with Crippen molar-refractivity contribution in [1.82, 2.24) is 4.98 Å². The lowest BCUT2D eigenvalue weighted by Gasteiger charge is -2.06. The number of thiazole rings is 1. The number of rotatable bonds is 7. The van der Waals surface area contributed by atoms with Crippen molar-refractivity contribution in [3.8, 4) is 0 Å². The molecule has 2 aromatic rings.